The Kier molecular flexibility index (Phi) is 4.93. The van der Waals surface area contributed by atoms with Crippen LogP contribution in [0.2, 0.25) is 0 Å². The molecule has 3 N–H and O–H groups in total. The molecule has 0 aromatic rings. The molecule has 3 aliphatic rings. The van der Waals surface area contributed by atoms with Crippen LogP contribution in [-0.4, -0.2) is 42.5 Å². The molecule has 3 aliphatic carbocycles. The van der Waals surface area contributed by atoms with E-state index in [0.29, 0.717) is 18.6 Å². The third kappa shape index (κ3) is 3.11. The van der Waals surface area contributed by atoms with E-state index in [0.717, 1.165) is 38.7 Å². The number of nitrogens with one attached hydrogen (secondary N) is 2. The summed E-state index contributed by atoms with van der Waals surface area (Å²) in [5.74, 6) is 0.421. The highest BCUT2D eigenvalue weighted by Crippen LogP contribution is 2.57. The highest BCUT2D eigenvalue weighted by atomic mass is 16.5. The molecule has 3 saturated carbocycles. The molecule has 3 rings (SSSR count). The molecular formula is C17H30N2O3. The van der Waals surface area contributed by atoms with Gasteiger partial charge in [-0.15, -0.1) is 0 Å². The topological polar surface area (TPSA) is 70.6 Å². The lowest BCUT2D eigenvalue weighted by molar-refractivity contribution is -0.169. The highest BCUT2D eigenvalue weighted by molar-refractivity contribution is 5.74. The predicted molar refractivity (Wildman–Crippen MR) is 84.6 cm³/mol. The van der Waals surface area contributed by atoms with E-state index in [4.69, 9.17) is 4.74 Å². The highest BCUT2D eigenvalue weighted by Gasteiger charge is 2.59. The molecule has 0 aromatic heterocycles. The van der Waals surface area contributed by atoms with Gasteiger partial charge in [0.1, 0.15) is 0 Å². The van der Waals surface area contributed by atoms with Crippen LogP contribution < -0.4 is 10.6 Å². The van der Waals surface area contributed by atoms with Gasteiger partial charge in [0, 0.05) is 24.6 Å². The van der Waals surface area contributed by atoms with Crippen molar-refractivity contribution in [1.82, 2.24) is 10.6 Å². The molecule has 0 saturated heterocycles. The zero-order valence-electron chi connectivity index (χ0n) is 13.6. The van der Waals surface area contributed by atoms with Gasteiger partial charge in [0.25, 0.3) is 0 Å². The molecule has 5 heteroatoms. The number of hydrogen-bond donors (Lipinski definition) is 3. The number of carbonyl (C=O) groups is 1. The summed E-state index contributed by atoms with van der Waals surface area (Å²) in [6.07, 6.45) is 8.62. The summed E-state index contributed by atoms with van der Waals surface area (Å²) in [7, 11) is 0. The lowest BCUT2D eigenvalue weighted by Crippen LogP contribution is -2.68. The van der Waals surface area contributed by atoms with Crippen LogP contribution in [0.5, 0.6) is 0 Å². The number of amides is 2. The quantitative estimate of drug-likeness (QED) is 0.729. The normalized spacial score (nSPS) is 36.3. The fraction of sp³-hybridized carbons (Fsp3) is 0.941. The average Bonchev–Trinajstić information content (AvgIpc) is 2.42. The van der Waals surface area contributed by atoms with Crippen molar-refractivity contribution in [2.75, 3.05) is 13.2 Å². The number of ether oxygens (including phenoxy) is 1. The van der Waals surface area contributed by atoms with Gasteiger partial charge in [-0.25, -0.2) is 4.79 Å². The minimum absolute atomic E-state index is 0.0497. The first-order chi connectivity index (χ1) is 10.6. The van der Waals surface area contributed by atoms with Crippen molar-refractivity contribution in [2.24, 2.45) is 11.3 Å². The number of aliphatic hydroxyl groups is 1. The molecule has 0 heterocycles. The summed E-state index contributed by atoms with van der Waals surface area (Å²) in [6, 6.07) is 0.223. The van der Waals surface area contributed by atoms with E-state index in [1.807, 2.05) is 6.92 Å². The van der Waals surface area contributed by atoms with Crippen molar-refractivity contribution in [3.63, 3.8) is 0 Å². The molecule has 4 atom stereocenters. The van der Waals surface area contributed by atoms with Gasteiger partial charge in [0.15, 0.2) is 0 Å². The Bertz CT molecular complexity index is 397. The first-order valence-electron chi connectivity index (χ1n) is 8.98. The summed E-state index contributed by atoms with van der Waals surface area (Å²) in [6.45, 7) is 3.48. The van der Waals surface area contributed by atoms with Gasteiger partial charge in [-0.05, 0) is 51.4 Å². The third-order valence-electron chi connectivity index (χ3n) is 6.05. The molecule has 2 amide bonds. The van der Waals surface area contributed by atoms with Crippen molar-refractivity contribution in [3.05, 3.63) is 0 Å². The van der Waals surface area contributed by atoms with E-state index in [9.17, 15) is 9.90 Å². The Balaban J connectivity index is 1.41. The van der Waals surface area contributed by atoms with E-state index in [2.05, 4.69) is 10.6 Å². The smallest absolute Gasteiger partial charge is 0.315 e. The van der Waals surface area contributed by atoms with Gasteiger partial charge in [0.2, 0.25) is 0 Å². The van der Waals surface area contributed by atoms with Crippen LogP contribution in [0.4, 0.5) is 4.79 Å². The lowest BCUT2D eigenvalue weighted by Gasteiger charge is -2.60. The zero-order chi connectivity index (χ0) is 15.6. The monoisotopic (exact) mass is 310 g/mol. The lowest BCUT2D eigenvalue weighted by atomic mass is 9.51. The molecule has 3 fully saturated rings. The molecule has 0 radical (unpaired) electrons. The summed E-state index contributed by atoms with van der Waals surface area (Å²) < 4.78 is 5.81. The van der Waals surface area contributed by atoms with Gasteiger partial charge in [-0.3, -0.25) is 0 Å². The molecule has 5 nitrogen and oxygen atoms in total. The van der Waals surface area contributed by atoms with Crippen molar-refractivity contribution in [3.8, 4) is 0 Å². The van der Waals surface area contributed by atoms with E-state index in [1.54, 1.807) is 0 Å². The van der Waals surface area contributed by atoms with Crippen molar-refractivity contribution in [1.29, 1.82) is 0 Å². The van der Waals surface area contributed by atoms with Crippen molar-refractivity contribution >= 4 is 6.03 Å². The summed E-state index contributed by atoms with van der Waals surface area (Å²) in [4.78, 5) is 12.1. The van der Waals surface area contributed by atoms with E-state index < -0.39 is 0 Å². The van der Waals surface area contributed by atoms with Crippen LogP contribution in [-0.2, 0) is 4.74 Å². The Labute approximate surface area is 133 Å². The van der Waals surface area contributed by atoms with Crippen LogP contribution >= 0.6 is 0 Å². The summed E-state index contributed by atoms with van der Waals surface area (Å²) >= 11 is 0. The minimum atomic E-state index is -0.180. The SMILES string of the molecule is CCOC1CC(NC(=O)NCC2CCCC(O)C2)C12CCC2. The fourth-order valence-corrected chi connectivity index (χ4v) is 4.54. The zero-order valence-corrected chi connectivity index (χ0v) is 13.6. The van der Waals surface area contributed by atoms with Crippen LogP contribution in [0, 0.1) is 11.3 Å². The maximum absolute atomic E-state index is 12.1. The fourth-order valence-electron chi connectivity index (χ4n) is 4.54. The summed E-state index contributed by atoms with van der Waals surface area (Å²) in [5, 5.41) is 15.8. The van der Waals surface area contributed by atoms with E-state index >= 15 is 0 Å². The number of carbonyl (C=O) groups excluding carboxylic acids is 1. The Morgan fingerprint density at radius 1 is 1.27 bits per heavy atom. The first-order valence-corrected chi connectivity index (χ1v) is 8.98. The maximum atomic E-state index is 12.1. The molecule has 0 bridgehead atoms. The molecule has 0 aliphatic heterocycles. The second-order valence-electron chi connectivity index (χ2n) is 7.36. The molecule has 0 aromatic carbocycles. The van der Waals surface area contributed by atoms with Crippen LogP contribution in [0.15, 0.2) is 0 Å². The second-order valence-corrected chi connectivity index (χ2v) is 7.36. The number of urea groups is 1. The largest absolute Gasteiger partial charge is 0.393 e. The first kappa shape index (κ1) is 16.1. The Hall–Kier alpha value is -0.810. The van der Waals surface area contributed by atoms with Gasteiger partial charge < -0.3 is 20.5 Å². The van der Waals surface area contributed by atoms with Crippen LogP contribution in [0.1, 0.15) is 58.3 Å². The van der Waals surface area contributed by atoms with Gasteiger partial charge >= 0.3 is 6.03 Å². The van der Waals surface area contributed by atoms with Gasteiger partial charge in [0.05, 0.1) is 12.2 Å². The molecular weight excluding hydrogens is 280 g/mol. The van der Waals surface area contributed by atoms with Gasteiger partial charge in [-0.2, -0.15) is 0 Å². The van der Waals surface area contributed by atoms with E-state index in [-0.39, 0.29) is 23.6 Å². The number of rotatable bonds is 5. The third-order valence-corrected chi connectivity index (χ3v) is 6.05. The molecule has 1 spiro atoms. The molecule has 126 valence electrons. The maximum Gasteiger partial charge on any atom is 0.315 e. The second kappa shape index (κ2) is 6.75. The number of aliphatic hydroxyl groups excluding tert-OH is 1. The Morgan fingerprint density at radius 2 is 2.09 bits per heavy atom. The minimum Gasteiger partial charge on any atom is -0.393 e. The van der Waals surface area contributed by atoms with Gasteiger partial charge in [-0.1, -0.05) is 12.8 Å². The standard InChI is InChI=1S/C17H30N2O3/c1-2-22-15-10-14(17(15)7-4-8-17)19-16(21)18-11-12-5-3-6-13(20)9-12/h12-15,20H,2-11H2,1H3,(H2,18,19,21). The predicted octanol–water partition coefficient (Wildman–Crippen LogP) is 2.18. The molecule has 22 heavy (non-hydrogen) atoms. The van der Waals surface area contributed by atoms with Crippen molar-refractivity contribution < 1.29 is 14.6 Å². The average molecular weight is 310 g/mol. The van der Waals surface area contributed by atoms with Crippen LogP contribution in [0.25, 0.3) is 0 Å². The molecule has 4 unspecified atom stereocenters. The number of hydrogen-bond acceptors (Lipinski definition) is 3. The van der Waals surface area contributed by atoms with E-state index in [1.165, 1.54) is 19.3 Å². The summed E-state index contributed by atoms with van der Waals surface area (Å²) in [5.41, 5.74) is 0.217. The van der Waals surface area contributed by atoms with Crippen molar-refractivity contribution in [2.45, 2.75) is 76.5 Å². The van der Waals surface area contributed by atoms with Crippen LogP contribution in [0.3, 0.4) is 0 Å². The Morgan fingerprint density at radius 3 is 2.73 bits per heavy atom.